The summed E-state index contributed by atoms with van der Waals surface area (Å²) in [6.45, 7) is 0. The molecule has 2 aromatic heterocycles. The number of hydrogen-bond acceptors (Lipinski definition) is 3. The third-order valence-corrected chi connectivity index (χ3v) is 3.77. The van der Waals surface area contributed by atoms with Gasteiger partial charge in [-0.1, -0.05) is 60.7 Å². The highest BCUT2D eigenvalue weighted by atomic mass is 16.5. The molecule has 0 spiro atoms. The fourth-order valence-corrected chi connectivity index (χ4v) is 2.70. The molecule has 0 N–H and O–H groups in total. The Morgan fingerprint density at radius 1 is 0.783 bits per heavy atom. The molecule has 23 heavy (non-hydrogen) atoms. The summed E-state index contributed by atoms with van der Waals surface area (Å²) in [5, 5.41) is 0. The lowest BCUT2D eigenvalue weighted by molar-refractivity contribution is 0.398. The second kappa shape index (κ2) is 5.57. The first kappa shape index (κ1) is 13.5. The first-order chi connectivity index (χ1) is 11.4. The van der Waals surface area contributed by atoms with Crippen LogP contribution in [0.4, 0.5) is 0 Å². The van der Waals surface area contributed by atoms with Gasteiger partial charge in [0.1, 0.15) is 0 Å². The van der Waals surface area contributed by atoms with Gasteiger partial charge in [0.15, 0.2) is 0 Å². The molecule has 0 saturated heterocycles. The number of aromatic nitrogens is 3. The topological polar surface area (TPSA) is 39.4 Å². The van der Waals surface area contributed by atoms with E-state index in [4.69, 9.17) is 9.72 Å². The van der Waals surface area contributed by atoms with Crippen LogP contribution in [0.15, 0.2) is 72.9 Å². The van der Waals surface area contributed by atoms with E-state index < -0.39 is 0 Å². The Balaban J connectivity index is 2.04. The number of fused-ring (bicyclic) bond motifs is 1. The Bertz CT molecular complexity index is 946. The highest BCUT2D eigenvalue weighted by Gasteiger charge is 2.16. The van der Waals surface area contributed by atoms with Crippen LogP contribution in [-0.2, 0) is 0 Å². The van der Waals surface area contributed by atoms with Crippen LogP contribution in [0.5, 0.6) is 5.88 Å². The van der Waals surface area contributed by atoms with Crippen molar-refractivity contribution in [2.24, 2.45) is 0 Å². The van der Waals surface area contributed by atoms with Gasteiger partial charge >= 0.3 is 0 Å². The standard InChI is InChI=1S/C19H15N3O/c1-23-16-12-13-22-18(15-10-6-3-7-11-15)17(21-19(22)20-16)14-8-4-2-5-9-14/h2-13H,1H3. The van der Waals surface area contributed by atoms with Crippen LogP contribution in [0.25, 0.3) is 28.3 Å². The molecule has 0 aliphatic rings. The lowest BCUT2D eigenvalue weighted by Gasteiger charge is -2.05. The molecule has 4 rings (SSSR count). The number of rotatable bonds is 3. The van der Waals surface area contributed by atoms with E-state index >= 15 is 0 Å². The maximum atomic E-state index is 5.22. The number of hydrogen-bond donors (Lipinski definition) is 0. The van der Waals surface area contributed by atoms with Crippen molar-refractivity contribution >= 4 is 5.78 Å². The predicted molar refractivity (Wildman–Crippen MR) is 90.4 cm³/mol. The third kappa shape index (κ3) is 2.34. The fourth-order valence-electron chi connectivity index (χ4n) is 2.70. The summed E-state index contributed by atoms with van der Waals surface area (Å²) in [6.07, 6.45) is 1.95. The molecule has 2 heterocycles. The molecule has 4 aromatic rings. The number of benzene rings is 2. The largest absolute Gasteiger partial charge is 0.481 e. The number of methoxy groups -OCH3 is 1. The zero-order valence-corrected chi connectivity index (χ0v) is 12.7. The van der Waals surface area contributed by atoms with E-state index in [0.717, 1.165) is 22.5 Å². The van der Waals surface area contributed by atoms with E-state index in [-0.39, 0.29) is 0 Å². The van der Waals surface area contributed by atoms with Crippen LogP contribution in [0, 0.1) is 0 Å². The lowest BCUT2D eigenvalue weighted by atomic mass is 10.1. The Hall–Kier alpha value is -3.14. The summed E-state index contributed by atoms with van der Waals surface area (Å²) in [7, 11) is 1.61. The molecular weight excluding hydrogens is 286 g/mol. The average molecular weight is 301 g/mol. The molecule has 0 radical (unpaired) electrons. The normalized spacial score (nSPS) is 10.8. The molecule has 0 aliphatic carbocycles. The summed E-state index contributed by atoms with van der Waals surface area (Å²) in [5.74, 6) is 1.18. The van der Waals surface area contributed by atoms with Crippen molar-refractivity contribution in [3.05, 3.63) is 72.9 Å². The lowest BCUT2D eigenvalue weighted by Crippen LogP contribution is -1.94. The number of imidazole rings is 1. The molecule has 0 aliphatic heterocycles. The highest BCUT2D eigenvalue weighted by Crippen LogP contribution is 2.32. The van der Waals surface area contributed by atoms with Crippen LogP contribution in [-0.4, -0.2) is 21.5 Å². The van der Waals surface area contributed by atoms with Gasteiger partial charge in [0, 0.05) is 23.4 Å². The van der Waals surface area contributed by atoms with E-state index in [1.807, 2.05) is 53.1 Å². The van der Waals surface area contributed by atoms with Crippen molar-refractivity contribution in [1.82, 2.24) is 14.4 Å². The van der Waals surface area contributed by atoms with E-state index in [0.29, 0.717) is 11.7 Å². The molecule has 0 bridgehead atoms. The van der Waals surface area contributed by atoms with E-state index in [9.17, 15) is 0 Å². The monoisotopic (exact) mass is 301 g/mol. The Kier molecular flexibility index (Phi) is 3.27. The summed E-state index contributed by atoms with van der Waals surface area (Å²) in [4.78, 5) is 9.20. The van der Waals surface area contributed by atoms with Gasteiger partial charge in [-0.15, -0.1) is 0 Å². The Morgan fingerprint density at radius 3 is 2.09 bits per heavy atom. The van der Waals surface area contributed by atoms with Gasteiger partial charge in [0.05, 0.1) is 18.5 Å². The molecule has 4 heteroatoms. The van der Waals surface area contributed by atoms with Crippen molar-refractivity contribution in [2.75, 3.05) is 7.11 Å². The van der Waals surface area contributed by atoms with Gasteiger partial charge < -0.3 is 4.74 Å². The van der Waals surface area contributed by atoms with E-state index in [2.05, 4.69) is 29.2 Å². The summed E-state index contributed by atoms with van der Waals surface area (Å²) in [6, 6.07) is 22.2. The van der Waals surface area contributed by atoms with Crippen molar-refractivity contribution in [1.29, 1.82) is 0 Å². The Morgan fingerprint density at radius 2 is 1.43 bits per heavy atom. The molecule has 0 fully saturated rings. The number of nitrogens with zero attached hydrogens (tertiary/aromatic N) is 3. The molecular formula is C19H15N3O. The predicted octanol–water partition coefficient (Wildman–Crippen LogP) is 4.07. The van der Waals surface area contributed by atoms with Crippen LogP contribution >= 0.6 is 0 Å². The van der Waals surface area contributed by atoms with Gasteiger partial charge in [-0.05, 0) is 0 Å². The minimum absolute atomic E-state index is 0.557. The van der Waals surface area contributed by atoms with Gasteiger partial charge in [0.2, 0.25) is 11.7 Å². The summed E-state index contributed by atoms with van der Waals surface area (Å²) >= 11 is 0. The zero-order chi connectivity index (χ0) is 15.6. The number of ether oxygens (including phenoxy) is 1. The van der Waals surface area contributed by atoms with E-state index in [1.54, 1.807) is 7.11 Å². The zero-order valence-electron chi connectivity index (χ0n) is 12.7. The Labute approximate surface area is 134 Å². The van der Waals surface area contributed by atoms with Gasteiger partial charge in [-0.2, -0.15) is 4.98 Å². The smallest absolute Gasteiger partial charge is 0.238 e. The van der Waals surface area contributed by atoms with Gasteiger partial charge in [-0.3, -0.25) is 4.40 Å². The molecule has 2 aromatic carbocycles. The average Bonchev–Trinajstić information content (AvgIpc) is 3.01. The molecule has 0 saturated carbocycles. The minimum Gasteiger partial charge on any atom is -0.481 e. The molecule has 4 nitrogen and oxygen atoms in total. The highest BCUT2D eigenvalue weighted by molar-refractivity contribution is 5.81. The van der Waals surface area contributed by atoms with Crippen molar-refractivity contribution in [2.45, 2.75) is 0 Å². The second-order valence-electron chi connectivity index (χ2n) is 5.18. The van der Waals surface area contributed by atoms with Crippen molar-refractivity contribution in [3.8, 4) is 28.4 Å². The molecule has 112 valence electrons. The quantitative estimate of drug-likeness (QED) is 0.572. The van der Waals surface area contributed by atoms with Crippen LogP contribution < -0.4 is 4.74 Å². The van der Waals surface area contributed by atoms with Gasteiger partial charge in [0.25, 0.3) is 0 Å². The van der Waals surface area contributed by atoms with Crippen LogP contribution in [0.3, 0.4) is 0 Å². The first-order valence-corrected chi connectivity index (χ1v) is 7.41. The molecule has 0 amide bonds. The minimum atomic E-state index is 0.557. The fraction of sp³-hybridized carbons (Fsp3) is 0.0526. The van der Waals surface area contributed by atoms with Gasteiger partial charge in [-0.25, -0.2) is 4.98 Å². The second-order valence-corrected chi connectivity index (χ2v) is 5.18. The van der Waals surface area contributed by atoms with E-state index in [1.165, 1.54) is 0 Å². The molecule has 0 unspecified atom stereocenters. The SMILES string of the molecule is COc1ccn2c(-c3ccccc3)c(-c3ccccc3)nc2n1. The maximum absolute atomic E-state index is 5.22. The summed E-state index contributed by atoms with van der Waals surface area (Å²) in [5.41, 5.74) is 4.11. The maximum Gasteiger partial charge on any atom is 0.238 e. The van der Waals surface area contributed by atoms with Crippen molar-refractivity contribution in [3.63, 3.8) is 0 Å². The van der Waals surface area contributed by atoms with Crippen molar-refractivity contribution < 1.29 is 4.74 Å². The summed E-state index contributed by atoms with van der Waals surface area (Å²) < 4.78 is 7.22. The first-order valence-electron chi connectivity index (χ1n) is 7.41. The van der Waals surface area contributed by atoms with Crippen LogP contribution in [0.1, 0.15) is 0 Å². The molecule has 0 atom stereocenters. The third-order valence-electron chi connectivity index (χ3n) is 3.77. The van der Waals surface area contributed by atoms with Crippen LogP contribution in [0.2, 0.25) is 0 Å².